The lowest BCUT2D eigenvalue weighted by molar-refractivity contribution is 0.795. The summed E-state index contributed by atoms with van der Waals surface area (Å²) in [5.41, 5.74) is 4.20. The van der Waals surface area contributed by atoms with E-state index in [-0.39, 0.29) is 0 Å². The monoisotopic (exact) mass is 162 g/mol. The number of allylic oxidation sites excluding steroid dienone is 5. The molecule has 0 unspecified atom stereocenters. The van der Waals surface area contributed by atoms with Crippen LogP contribution in [-0.2, 0) is 0 Å². The number of hydrogen-bond acceptors (Lipinski definition) is 0. The average molecular weight is 162 g/mol. The van der Waals surface area contributed by atoms with Gasteiger partial charge in [-0.1, -0.05) is 29.9 Å². The van der Waals surface area contributed by atoms with E-state index in [1.807, 2.05) is 0 Å². The highest BCUT2D eigenvalue weighted by Gasteiger charge is 2.05. The second-order valence-electron chi connectivity index (χ2n) is 3.71. The van der Waals surface area contributed by atoms with E-state index >= 15 is 0 Å². The fourth-order valence-electron chi connectivity index (χ4n) is 1.44. The quantitative estimate of drug-likeness (QED) is 0.538. The van der Waals surface area contributed by atoms with E-state index in [1.54, 1.807) is 0 Å². The van der Waals surface area contributed by atoms with Gasteiger partial charge in [-0.15, -0.1) is 0 Å². The van der Waals surface area contributed by atoms with Crippen molar-refractivity contribution in [3.05, 3.63) is 35.5 Å². The third-order valence-corrected chi connectivity index (χ3v) is 2.26. The summed E-state index contributed by atoms with van der Waals surface area (Å²) >= 11 is 0. The summed E-state index contributed by atoms with van der Waals surface area (Å²) in [4.78, 5) is 0. The minimum absolute atomic E-state index is 1.08. The maximum Gasteiger partial charge on any atom is -0.00956 e. The molecule has 66 valence electrons. The normalized spacial score (nSPS) is 17.2. The predicted molar refractivity (Wildman–Crippen MR) is 55.1 cm³/mol. The van der Waals surface area contributed by atoms with Crippen molar-refractivity contribution in [2.45, 2.75) is 39.5 Å². The van der Waals surface area contributed by atoms with Crippen molar-refractivity contribution in [3.8, 4) is 0 Å². The van der Waals surface area contributed by atoms with Crippen molar-refractivity contribution in [1.29, 1.82) is 0 Å². The van der Waals surface area contributed by atoms with Crippen molar-refractivity contribution in [1.82, 2.24) is 0 Å². The highest BCUT2D eigenvalue weighted by molar-refractivity contribution is 5.32. The van der Waals surface area contributed by atoms with Gasteiger partial charge in [-0.2, -0.15) is 0 Å². The molecular formula is C12H18. The maximum atomic E-state index is 4.08. The van der Waals surface area contributed by atoms with E-state index in [0.717, 1.165) is 6.42 Å². The Bertz CT molecular complexity index is 224. The van der Waals surface area contributed by atoms with Crippen molar-refractivity contribution in [2.75, 3.05) is 0 Å². The van der Waals surface area contributed by atoms with Gasteiger partial charge in [0.2, 0.25) is 0 Å². The first-order valence-electron chi connectivity index (χ1n) is 4.70. The lowest BCUT2D eigenvalue weighted by Crippen LogP contribution is -1.94. The van der Waals surface area contributed by atoms with Gasteiger partial charge in [0, 0.05) is 0 Å². The predicted octanol–water partition coefficient (Wildman–Crippen LogP) is 4.01. The summed E-state index contributed by atoms with van der Waals surface area (Å²) in [6, 6.07) is 0. The molecule has 0 saturated heterocycles. The van der Waals surface area contributed by atoms with Gasteiger partial charge < -0.3 is 0 Å². The smallest absolute Gasteiger partial charge is 0.00956 e. The van der Waals surface area contributed by atoms with E-state index in [9.17, 15) is 0 Å². The molecule has 0 spiro atoms. The fraction of sp³-hybridized carbons (Fsp3) is 0.500. The van der Waals surface area contributed by atoms with E-state index < -0.39 is 0 Å². The molecule has 0 saturated carbocycles. The first kappa shape index (κ1) is 9.31. The van der Waals surface area contributed by atoms with Crippen LogP contribution in [0.3, 0.4) is 0 Å². The van der Waals surface area contributed by atoms with Gasteiger partial charge in [0.1, 0.15) is 0 Å². The summed E-state index contributed by atoms with van der Waals surface area (Å²) < 4.78 is 0. The van der Waals surface area contributed by atoms with Crippen LogP contribution >= 0.6 is 0 Å². The second-order valence-corrected chi connectivity index (χ2v) is 3.71. The first-order valence-corrected chi connectivity index (χ1v) is 4.70. The van der Waals surface area contributed by atoms with E-state index in [0.29, 0.717) is 0 Å². The Morgan fingerprint density at radius 1 is 1.58 bits per heavy atom. The van der Waals surface area contributed by atoms with Crippen LogP contribution in [0.25, 0.3) is 0 Å². The van der Waals surface area contributed by atoms with Crippen LogP contribution in [0.15, 0.2) is 35.5 Å². The Balaban J connectivity index is 2.56. The maximum absolute atomic E-state index is 4.08. The molecule has 0 amide bonds. The lowest BCUT2D eigenvalue weighted by Gasteiger charge is -2.14. The molecule has 0 heteroatoms. The largest absolute Gasteiger partial charge is 0.0956 e. The van der Waals surface area contributed by atoms with Gasteiger partial charge >= 0.3 is 0 Å². The summed E-state index contributed by atoms with van der Waals surface area (Å²) in [5.74, 6) is 0. The van der Waals surface area contributed by atoms with Gasteiger partial charge in [0.25, 0.3) is 0 Å². The summed E-state index contributed by atoms with van der Waals surface area (Å²) in [5, 5.41) is 0. The average Bonchev–Trinajstić information content (AvgIpc) is 2.03. The molecule has 1 aliphatic carbocycles. The molecule has 0 heterocycles. The van der Waals surface area contributed by atoms with Crippen LogP contribution in [0.4, 0.5) is 0 Å². The summed E-state index contributed by atoms with van der Waals surface area (Å²) in [6.07, 6.45) is 9.43. The summed E-state index contributed by atoms with van der Waals surface area (Å²) in [6.45, 7) is 8.37. The molecule has 0 aliphatic heterocycles. The molecule has 0 aromatic rings. The number of hydrogen-bond donors (Lipinski definition) is 0. The molecule has 0 aromatic heterocycles. The van der Waals surface area contributed by atoms with Crippen LogP contribution in [0.2, 0.25) is 0 Å². The minimum atomic E-state index is 1.08. The molecule has 0 atom stereocenters. The third-order valence-electron chi connectivity index (χ3n) is 2.26. The van der Waals surface area contributed by atoms with Crippen LogP contribution in [-0.4, -0.2) is 0 Å². The van der Waals surface area contributed by atoms with E-state index in [2.05, 4.69) is 32.6 Å². The topological polar surface area (TPSA) is 0 Å². The van der Waals surface area contributed by atoms with Crippen molar-refractivity contribution >= 4 is 0 Å². The molecule has 0 fully saturated rings. The highest BCUT2D eigenvalue weighted by atomic mass is 14.1. The van der Waals surface area contributed by atoms with Gasteiger partial charge in [-0.3, -0.25) is 0 Å². The highest BCUT2D eigenvalue weighted by Crippen LogP contribution is 2.25. The van der Waals surface area contributed by atoms with Crippen molar-refractivity contribution < 1.29 is 0 Å². The zero-order chi connectivity index (χ0) is 8.97. The Kier molecular flexibility index (Phi) is 3.33. The molecule has 0 nitrogen and oxygen atoms in total. The molecule has 12 heavy (non-hydrogen) atoms. The van der Waals surface area contributed by atoms with Crippen LogP contribution < -0.4 is 0 Å². The summed E-state index contributed by atoms with van der Waals surface area (Å²) in [7, 11) is 0. The zero-order valence-corrected chi connectivity index (χ0v) is 8.19. The Morgan fingerprint density at radius 2 is 2.33 bits per heavy atom. The Morgan fingerprint density at radius 3 is 2.92 bits per heavy atom. The zero-order valence-electron chi connectivity index (χ0n) is 8.19. The molecule has 1 aliphatic rings. The minimum Gasteiger partial charge on any atom is -0.0956 e. The van der Waals surface area contributed by atoms with E-state index in [4.69, 9.17) is 0 Å². The van der Waals surface area contributed by atoms with Crippen LogP contribution in [0, 0.1) is 0 Å². The Labute approximate surface area is 75.7 Å². The van der Waals surface area contributed by atoms with Crippen molar-refractivity contribution in [3.63, 3.8) is 0 Å². The standard InChI is InChI=1S/C12H18/c1-10(2)8-9-12-7-5-4-6-11(12)3/h7-8H,3-6,9H2,1-2H3. The molecule has 0 radical (unpaired) electrons. The molecule has 1 rings (SSSR count). The van der Waals surface area contributed by atoms with Crippen LogP contribution in [0.1, 0.15) is 39.5 Å². The van der Waals surface area contributed by atoms with Gasteiger partial charge in [-0.25, -0.2) is 0 Å². The van der Waals surface area contributed by atoms with E-state index in [1.165, 1.54) is 36.0 Å². The number of rotatable bonds is 2. The molecular weight excluding hydrogens is 144 g/mol. The van der Waals surface area contributed by atoms with Gasteiger partial charge in [0.05, 0.1) is 0 Å². The molecule has 0 aromatic carbocycles. The van der Waals surface area contributed by atoms with Gasteiger partial charge in [0.15, 0.2) is 0 Å². The van der Waals surface area contributed by atoms with Crippen molar-refractivity contribution in [2.24, 2.45) is 0 Å². The molecule has 0 N–H and O–H groups in total. The molecule has 0 bridgehead atoms. The van der Waals surface area contributed by atoms with Gasteiger partial charge in [-0.05, 0) is 45.1 Å². The third kappa shape index (κ3) is 2.69. The second kappa shape index (κ2) is 4.30. The lowest BCUT2D eigenvalue weighted by atomic mass is 9.92. The Hall–Kier alpha value is -0.780. The van der Waals surface area contributed by atoms with Crippen LogP contribution in [0.5, 0.6) is 0 Å². The SMILES string of the molecule is C=C1CCCC=C1CC=C(C)C. The first-order chi connectivity index (χ1) is 5.70. The fourth-order valence-corrected chi connectivity index (χ4v) is 1.44.